The predicted octanol–water partition coefficient (Wildman–Crippen LogP) is 5.36. The number of nitrogens with one attached hydrogen (secondary N) is 1. The topological polar surface area (TPSA) is 58.6 Å². The van der Waals surface area contributed by atoms with Crippen molar-refractivity contribution in [2.24, 2.45) is 0 Å². The van der Waals surface area contributed by atoms with E-state index in [1.165, 1.54) is 0 Å². The molecule has 3 rings (SSSR count). The van der Waals surface area contributed by atoms with Gasteiger partial charge in [-0.25, -0.2) is 0 Å². The molecule has 1 atom stereocenters. The number of nitrogens with zero attached hydrogens (tertiary/aromatic N) is 1. The average Bonchev–Trinajstić information content (AvgIpc) is 3.31. The van der Waals surface area contributed by atoms with E-state index < -0.39 is 6.04 Å². The summed E-state index contributed by atoms with van der Waals surface area (Å²) in [5, 5.41) is 3.19. The van der Waals surface area contributed by atoms with E-state index in [1.807, 2.05) is 62.4 Å². The Bertz CT molecular complexity index is 934. The molecule has 2 aromatic rings. The largest absolute Gasteiger partial charge is 0.483 e. The van der Waals surface area contributed by atoms with E-state index in [0.29, 0.717) is 18.9 Å². The molecule has 0 spiro atoms. The number of benzene rings is 2. The number of rotatable bonds is 10. The highest BCUT2D eigenvalue weighted by Crippen LogP contribution is 2.26. The van der Waals surface area contributed by atoms with E-state index in [2.05, 4.69) is 19.2 Å². The summed E-state index contributed by atoms with van der Waals surface area (Å²) in [6.07, 6.45) is 4.89. The quantitative estimate of drug-likeness (QED) is 0.530. The summed E-state index contributed by atoms with van der Waals surface area (Å²) in [4.78, 5) is 28.4. The second-order valence-electron chi connectivity index (χ2n) is 9.34. The smallest absolute Gasteiger partial charge is 0.261 e. The first-order valence-electron chi connectivity index (χ1n) is 12.3. The van der Waals surface area contributed by atoms with Gasteiger partial charge < -0.3 is 15.0 Å². The lowest BCUT2D eigenvalue weighted by Gasteiger charge is -2.32. The van der Waals surface area contributed by atoms with Crippen molar-refractivity contribution in [1.82, 2.24) is 10.2 Å². The number of carbonyl (C=O) groups is 2. The summed E-state index contributed by atoms with van der Waals surface area (Å²) in [7, 11) is 0. The van der Waals surface area contributed by atoms with Crippen LogP contribution in [0.25, 0.3) is 0 Å². The molecular weight excluding hydrogens is 412 g/mol. The number of ether oxygens (including phenoxy) is 1. The van der Waals surface area contributed by atoms with Gasteiger partial charge in [-0.15, -0.1) is 0 Å². The third-order valence-electron chi connectivity index (χ3n) is 6.58. The second kappa shape index (κ2) is 11.9. The first-order valence-corrected chi connectivity index (χ1v) is 12.3. The van der Waals surface area contributed by atoms with Crippen molar-refractivity contribution in [2.75, 3.05) is 6.61 Å². The number of hydrogen-bond acceptors (Lipinski definition) is 3. The maximum Gasteiger partial charge on any atom is 0.261 e. The van der Waals surface area contributed by atoms with Gasteiger partial charge in [0.15, 0.2) is 6.61 Å². The maximum absolute atomic E-state index is 13.5. The highest BCUT2D eigenvalue weighted by Gasteiger charge is 2.31. The molecule has 0 saturated heterocycles. The van der Waals surface area contributed by atoms with Crippen LogP contribution in [0.1, 0.15) is 75.5 Å². The Kier molecular flexibility index (Phi) is 8.93. The first-order chi connectivity index (χ1) is 15.9. The van der Waals surface area contributed by atoms with Gasteiger partial charge in [0.2, 0.25) is 5.91 Å². The number of para-hydroxylation sites is 1. The van der Waals surface area contributed by atoms with Gasteiger partial charge in [-0.2, -0.15) is 0 Å². The minimum Gasteiger partial charge on any atom is -0.483 e. The van der Waals surface area contributed by atoms with Gasteiger partial charge in [-0.05, 0) is 54.9 Å². The zero-order chi connectivity index (χ0) is 23.8. The molecule has 0 bridgehead atoms. The molecule has 1 N–H and O–H groups in total. The molecule has 1 aliphatic carbocycles. The van der Waals surface area contributed by atoms with E-state index in [4.69, 9.17) is 4.74 Å². The number of amides is 2. The van der Waals surface area contributed by atoms with Gasteiger partial charge in [-0.3, -0.25) is 9.59 Å². The molecule has 0 heterocycles. The van der Waals surface area contributed by atoms with E-state index in [-0.39, 0.29) is 24.5 Å². The maximum atomic E-state index is 13.5. The van der Waals surface area contributed by atoms with Crippen molar-refractivity contribution >= 4 is 11.8 Å². The number of aryl methyl sites for hydroxylation is 1. The molecule has 2 amide bonds. The van der Waals surface area contributed by atoms with Crippen molar-refractivity contribution < 1.29 is 14.3 Å². The molecular formula is C28H38N2O3. The van der Waals surface area contributed by atoms with Crippen molar-refractivity contribution in [3.05, 3.63) is 65.2 Å². The van der Waals surface area contributed by atoms with Crippen LogP contribution in [-0.2, 0) is 16.1 Å². The molecule has 1 fully saturated rings. The molecule has 5 nitrogen and oxygen atoms in total. The lowest BCUT2D eigenvalue weighted by Crippen LogP contribution is -2.52. The van der Waals surface area contributed by atoms with Gasteiger partial charge in [0.25, 0.3) is 5.91 Å². The number of carbonyl (C=O) groups excluding carboxylic acids is 2. The first kappa shape index (κ1) is 24.8. The van der Waals surface area contributed by atoms with Crippen LogP contribution in [0.3, 0.4) is 0 Å². The molecule has 178 valence electrons. The average molecular weight is 451 g/mol. The fourth-order valence-corrected chi connectivity index (χ4v) is 4.57. The van der Waals surface area contributed by atoms with Crippen LogP contribution in [0.4, 0.5) is 0 Å². The highest BCUT2D eigenvalue weighted by atomic mass is 16.5. The molecule has 5 heteroatoms. The molecule has 2 aromatic carbocycles. The standard InChI is InChI=1S/C28H38N2O3/c1-5-25(28(32)29-23-14-8-9-15-23)30(18-22-13-7-6-12-21(22)4)27(31)19-33-26-17-11-10-16-24(26)20(2)3/h6-7,10-13,16-17,20,23,25H,5,8-9,14-15,18-19H2,1-4H3,(H,29,32). The van der Waals surface area contributed by atoms with E-state index in [9.17, 15) is 9.59 Å². The monoisotopic (exact) mass is 450 g/mol. The van der Waals surface area contributed by atoms with Crippen molar-refractivity contribution in [3.63, 3.8) is 0 Å². The van der Waals surface area contributed by atoms with Gasteiger partial charge in [-0.1, -0.05) is 76.1 Å². The highest BCUT2D eigenvalue weighted by molar-refractivity contribution is 5.88. The Hall–Kier alpha value is -2.82. The van der Waals surface area contributed by atoms with Crippen LogP contribution in [0.2, 0.25) is 0 Å². The van der Waals surface area contributed by atoms with Crippen molar-refractivity contribution in [3.8, 4) is 5.75 Å². The summed E-state index contributed by atoms with van der Waals surface area (Å²) >= 11 is 0. The lowest BCUT2D eigenvalue weighted by molar-refractivity contribution is -0.143. The Balaban J connectivity index is 1.80. The summed E-state index contributed by atoms with van der Waals surface area (Å²) < 4.78 is 5.99. The Labute approximate surface area is 198 Å². The molecule has 1 saturated carbocycles. The van der Waals surface area contributed by atoms with E-state index in [0.717, 1.165) is 48.1 Å². The molecule has 33 heavy (non-hydrogen) atoms. The molecule has 0 aromatic heterocycles. The van der Waals surface area contributed by atoms with Crippen LogP contribution in [-0.4, -0.2) is 35.4 Å². The molecule has 0 aliphatic heterocycles. The van der Waals surface area contributed by atoms with Gasteiger partial charge in [0.05, 0.1) is 0 Å². The van der Waals surface area contributed by atoms with Crippen LogP contribution < -0.4 is 10.1 Å². The predicted molar refractivity (Wildman–Crippen MR) is 132 cm³/mol. The van der Waals surface area contributed by atoms with Crippen LogP contribution in [0.5, 0.6) is 5.75 Å². The molecule has 0 radical (unpaired) electrons. The lowest BCUT2D eigenvalue weighted by atomic mass is 10.0. The van der Waals surface area contributed by atoms with Gasteiger partial charge in [0, 0.05) is 12.6 Å². The summed E-state index contributed by atoms with van der Waals surface area (Å²) in [6.45, 7) is 8.50. The summed E-state index contributed by atoms with van der Waals surface area (Å²) in [6, 6.07) is 15.5. The van der Waals surface area contributed by atoms with E-state index in [1.54, 1.807) is 4.90 Å². The van der Waals surface area contributed by atoms with Crippen LogP contribution in [0.15, 0.2) is 48.5 Å². The van der Waals surface area contributed by atoms with Crippen LogP contribution >= 0.6 is 0 Å². The summed E-state index contributed by atoms with van der Waals surface area (Å²) in [5.74, 6) is 0.777. The minimum atomic E-state index is -0.526. The second-order valence-corrected chi connectivity index (χ2v) is 9.34. The van der Waals surface area contributed by atoms with Gasteiger partial charge in [0.1, 0.15) is 11.8 Å². The zero-order valence-electron chi connectivity index (χ0n) is 20.5. The fraction of sp³-hybridized carbons (Fsp3) is 0.500. The van der Waals surface area contributed by atoms with Gasteiger partial charge >= 0.3 is 0 Å². The number of hydrogen-bond donors (Lipinski definition) is 1. The Morgan fingerprint density at radius 1 is 1.06 bits per heavy atom. The molecule has 1 unspecified atom stereocenters. The third kappa shape index (κ3) is 6.59. The van der Waals surface area contributed by atoms with Crippen LogP contribution in [0, 0.1) is 6.92 Å². The Morgan fingerprint density at radius 3 is 2.39 bits per heavy atom. The third-order valence-corrected chi connectivity index (χ3v) is 6.58. The molecule has 1 aliphatic rings. The Morgan fingerprint density at radius 2 is 1.73 bits per heavy atom. The minimum absolute atomic E-state index is 0.0612. The SMILES string of the molecule is CCC(C(=O)NC1CCCC1)N(Cc1ccccc1C)C(=O)COc1ccccc1C(C)C. The van der Waals surface area contributed by atoms with E-state index >= 15 is 0 Å². The normalized spacial score (nSPS) is 14.8. The summed E-state index contributed by atoms with van der Waals surface area (Å²) in [5.41, 5.74) is 3.22. The van der Waals surface area contributed by atoms with Crippen molar-refractivity contribution in [1.29, 1.82) is 0 Å². The zero-order valence-corrected chi connectivity index (χ0v) is 20.5. The fourth-order valence-electron chi connectivity index (χ4n) is 4.57. The van der Waals surface area contributed by atoms with Crippen molar-refractivity contribution in [2.45, 2.75) is 84.3 Å².